The highest BCUT2D eigenvalue weighted by Gasteiger charge is 2.14. The molecular weight excluding hydrogens is 242 g/mol. The third kappa shape index (κ3) is 5.38. The molecule has 0 aromatic carbocycles. The Bertz CT molecular complexity index is 359. The van der Waals surface area contributed by atoms with Crippen LogP contribution in [0, 0.1) is 0 Å². The minimum atomic E-state index is 0.118. The van der Waals surface area contributed by atoms with E-state index in [1.807, 2.05) is 6.20 Å². The van der Waals surface area contributed by atoms with E-state index in [0.29, 0.717) is 12.6 Å². The van der Waals surface area contributed by atoms with E-state index in [1.54, 1.807) is 10.9 Å². The van der Waals surface area contributed by atoms with E-state index in [-0.39, 0.29) is 5.91 Å². The molecule has 0 unspecified atom stereocenters. The van der Waals surface area contributed by atoms with Crippen LogP contribution in [0.3, 0.4) is 0 Å². The third-order valence-corrected chi connectivity index (χ3v) is 3.47. The summed E-state index contributed by atoms with van der Waals surface area (Å²) in [5.74, 6) is 0.118. The van der Waals surface area contributed by atoms with Gasteiger partial charge in [0.05, 0.1) is 12.7 Å². The van der Waals surface area contributed by atoms with Crippen molar-refractivity contribution in [1.82, 2.24) is 25.6 Å². The van der Waals surface area contributed by atoms with Crippen LogP contribution in [-0.4, -0.2) is 40.0 Å². The van der Waals surface area contributed by atoms with Gasteiger partial charge in [0.2, 0.25) is 5.91 Å². The van der Waals surface area contributed by atoms with Gasteiger partial charge in [0.1, 0.15) is 0 Å². The fourth-order valence-electron chi connectivity index (χ4n) is 2.45. The van der Waals surface area contributed by atoms with Crippen molar-refractivity contribution in [1.29, 1.82) is 0 Å². The highest BCUT2D eigenvalue weighted by atomic mass is 16.1. The van der Waals surface area contributed by atoms with Gasteiger partial charge in [0.15, 0.2) is 0 Å². The second-order valence-corrected chi connectivity index (χ2v) is 5.10. The van der Waals surface area contributed by atoms with E-state index in [9.17, 15) is 4.79 Å². The van der Waals surface area contributed by atoms with Gasteiger partial charge in [-0.1, -0.05) is 24.5 Å². The van der Waals surface area contributed by atoms with Gasteiger partial charge in [-0.3, -0.25) is 9.48 Å². The molecule has 0 saturated heterocycles. The molecule has 0 atom stereocenters. The molecule has 0 spiro atoms. The molecule has 1 aliphatic carbocycles. The number of carbonyl (C=O) groups is 1. The van der Waals surface area contributed by atoms with E-state index in [1.165, 1.54) is 19.3 Å². The quantitative estimate of drug-likeness (QED) is 0.712. The molecule has 0 bridgehead atoms. The van der Waals surface area contributed by atoms with Crippen LogP contribution < -0.4 is 10.6 Å². The van der Waals surface area contributed by atoms with Gasteiger partial charge in [-0.05, 0) is 25.8 Å². The Balaban J connectivity index is 1.49. The average molecular weight is 265 g/mol. The largest absolute Gasteiger partial charge is 0.352 e. The summed E-state index contributed by atoms with van der Waals surface area (Å²) < 4.78 is 1.80. The molecular formula is C13H23N5O. The lowest BCUT2D eigenvalue weighted by atomic mass is 9.95. The first-order chi connectivity index (χ1) is 9.34. The number of aryl methyl sites for hydroxylation is 1. The molecule has 1 fully saturated rings. The first-order valence-electron chi connectivity index (χ1n) is 7.19. The number of aromatic nitrogens is 3. The Hall–Kier alpha value is -1.43. The molecule has 0 aliphatic heterocycles. The molecule has 1 aromatic heterocycles. The van der Waals surface area contributed by atoms with Gasteiger partial charge < -0.3 is 10.6 Å². The number of rotatable bonds is 7. The van der Waals surface area contributed by atoms with Crippen molar-refractivity contribution < 1.29 is 4.79 Å². The summed E-state index contributed by atoms with van der Waals surface area (Å²) in [6.07, 6.45) is 10.5. The molecule has 1 amide bonds. The molecule has 6 nitrogen and oxygen atoms in total. The molecule has 1 aromatic rings. The number of nitrogens with one attached hydrogen (secondary N) is 2. The number of carbonyl (C=O) groups excluding carboxylic acids is 1. The fraction of sp³-hybridized carbons (Fsp3) is 0.769. The van der Waals surface area contributed by atoms with Crippen LogP contribution in [0.5, 0.6) is 0 Å². The maximum absolute atomic E-state index is 11.7. The monoisotopic (exact) mass is 265 g/mol. The van der Waals surface area contributed by atoms with Crippen molar-refractivity contribution in [3.05, 3.63) is 12.4 Å². The fourth-order valence-corrected chi connectivity index (χ4v) is 2.45. The van der Waals surface area contributed by atoms with Crippen molar-refractivity contribution in [2.45, 2.75) is 51.1 Å². The van der Waals surface area contributed by atoms with Crippen LogP contribution in [0.15, 0.2) is 12.4 Å². The normalized spacial score (nSPS) is 16.4. The lowest BCUT2D eigenvalue weighted by Crippen LogP contribution is -2.41. The number of hydrogen-bond acceptors (Lipinski definition) is 4. The Kier molecular flexibility index (Phi) is 5.81. The number of hydrogen-bond donors (Lipinski definition) is 2. The Morgan fingerprint density at radius 3 is 2.89 bits per heavy atom. The summed E-state index contributed by atoms with van der Waals surface area (Å²) in [5.41, 5.74) is 0. The van der Waals surface area contributed by atoms with Crippen LogP contribution >= 0.6 is 0 Å². The van der Waals surface area contributed by atoms with Crippen LogP contribution in [0.4, 0.5) is 0 Å². The third-order valence-electron chi connectivity index (χ3n) is 3.47. The number of amides is 1. The van der Waals surface area contributed by atoms with Gasteiger partial charge in [-0.2, -0.15) is 0 Å². The summed E-state index contributed by atoms with van der Waals surface area (Å²) in [5, 5.41) is 13.9. The summed E-state index contributed by atoms with van der Waals surface area (Å²) >= 11 is 0. The zero-order valence-corrected chi connectivity index (χ0v) is 11.3. The lowest BCUT2D eigenvalue weighted by molar-refractivity contribution is -0.121. The second kappa shape index (κ2) is 7.89. The Morgan fingerprint density at radius 1 is 1.32 bits per heavy atom. The van der Waals surface area contributed by atoms with Gasteiger partial charge >= 0.3 is 0 Å². The lowest BCUT2D eigenvalue weighted by Gasteiger charge is -2.22. The topological polar surface area (TPSA) is 71.8 Å². The van der Waals surface area contributed by atoms with Crippen molar-refractivity contribution in [3.8, 4) is 0 Å². The van der Waals surface area contributed by atoms with E-state index < -0.39 is 0 Å². The molecule has 1 heterocycles. The zero-order chi connectivity index (χ0) is 13.3. The van der Waals surface area contributed by atoms with Gasteiger partial charge in [-0.15, -0.1) is 5.10 Å². The smallest absolute Gasteiger partial charge is 0.234 e. The van der Waals surface area contributed by atoms with Crippen LogP contribution in [0.2, 0.25) is 0 Å². The predicted octanol–water partition coefficient (Wildman–Crippen LogP) is 0.707. The SMILES string of the molecule is O=C(CNCCCn1ccnn1)NC1CCCCC1. The molecule has 106 valence electrons. The first kappa shape index (κ1) is 14.0. The van der Waals surface area contributed by atoms with Crippen molar-refractivity contribution >= 4 is 5.91 Å². The predicted molar refractivity (Wildman–Crippen MR) is 72.5 cm³/mol. The number of nitrogens with zero attached hydrogens (tertiary/aromatic N) is 3. The van der Waals surface area contributed by atoms with Crippen LogP contribution in [-0.2, 0) is 11.3 Å². The Morgan fingerprint density at radius 2 is 2.16 bits per heavy atom. The summed E-state index contributed by atoms with van der Waals surface area (Å²) in [4.78, 5) is 11.7. The van der Waals surface area contributed by atoms with Gasteiger partial charge in [-0.25, -0.2) is 0 Å². The molecule has 2 N–H and O–H groups in total. The van der Waals surface area contributed by atoms with Crippen molar-refractivity contribution in [2.75, 3.05) is 13.1 Å². The van der Waals surface area contributed by atoms with Crippen LogP contribution in [0.1, 0.15) is 38.5 Å². The first-order valence-corrected chi connectivity index (χ1v) is 7.19. The summed E-state index contributed by atoms with van der Waals surface area (Å²) in [6.45, 7) is 2.06. The molecule has 1 saturated carbocycles. The summed E-state index contributed by atoms with van der Waals surface area (Å²) in [7, 11) is 0. The average Bonchev–Trinajstić information content (AvgIpc) is 2.92. The van der Waals surface area contributed by atoms with E-state index in [0.717, 1.165) is 32.4 Å². The molecule has 1 aliphatic rings. The second-order valence-electron chi connectivity index (χ2n) is 5.10. The van der Waals surface area contributed by atoms with E-state index in [4.69, 9.17) is 0 Å². The maximum atomic E-state index is 11.7. The van der Waals surface area contributed by atoms with E-state index >= 15 is 0 Å². The van der Waals surface area contributed by atoms with Gasteiger partial charge in [0, 0.05) is 18.8 Å². The standard InChI is InChI=1S/C13H23N5O/c19-13(16-12-5-2-1-3-6-12)11-14-7-4-9-18-10-8-15-17-18/h8,10,12,14H,1-7,9,11H2,(H,16,19). The minimum Gasteiger partial charge on any atom is -0.352 e. The minimum absolute atomic E-state index is 0.118. The molecule has 6 heteroatoms. The molecule has 19 heavy (non-hydrogen) atoms. The molecule has 0 radical (unpaired) electrons. The van der Waals surface area contributed by atoms with Crippen molar-refractivity contribution in [2.24, 2.45) is 0 Å². The van der Waals surface area contributed by atoms with Crippen LogP contribution in [0.25, 0.3) is 0 Å². The Labute approximate surface area is 113 Å². The van der Waals surface area contributed by atoms with Gasteiger partial charge in [0.25, 0.3) is 0 Å². The maximum Gasteiger partial charge on any atom is 0.234 e. The molecule has 2 rings (SSSR count). The zero-order valence-electron chi connectivity index (χ0n) is 11.3. The highest BCUT2D eigenvalue weighted by Crippen LogP contribution is 2.16. The highest BCUT2D eigenvalue weighted by molar-refractivity contribution is 5.78. The van der Waals surface area contributed by atoms with E-state index in [2.05, 4.69) is 20.9 Å². The summed E-state index contributed by atoms with van der Waals surface area (Å²) in [6, 6.07) is 0.401. The van der Waals surface area contributed by atoms with Crippen molar-refractivity contribution in [3.63, 3.8) is 0 Å².